The molecule has 0 spiro atoms. The molecule has 32 heavy (non-hydrogen) atoms. The Bertz CT molecular complexity index is 307. The van der Waals surface area contributed by atoms with Gasteiger partial charge in [0.25, 0.3) is 0 Å². The van der Waals surface area contributed by atoms with Crippen molar-refractivity contribution in [3.8, 4) is 0 Å². The highest BCUT2D eigenvalue weighted by molar-refractivity contribution is 7.09. The Morgan fingerprint density at radius 1 is 0.375 bits per heavy atom. The lowest BCUT2D eigenvalue weighted by atomic mass is 10.1. The molecule has 0 aromatic heterocycles. The molecule has 0 aromatic carbocycles. The first-order valence-corrected chi connectivity index (χ1v) is 17.0. The molecule has 5 heteroatoms. The first-order valence-electron chi connectivity index (χ1n) is 14.3. The Balaban J connectivity index is 4.04. The maximum Gasteiger partial charge on any atom is 0.613 e. The maximum atomic E-state index is 6.76. The average Bonchev–Trinajstić information content (AvgIpc) is 2.79. The quantitative estimate of drug-likeness (QED) is 0.0648. The van der Waals surface area contributed by atoms with Crippen LogP contribution in [0.2, 0.25) is 0 Å². The molecule has 0 saturated heterocycles. The van der Waals surface area contributed by atoms with Gasteiger partial charge in [0.1, 0.15) is 0 Å². The monoisotopic (exact) mass is 492 g/mol. The SMILES string of the molecule is CCCCCCCCCO[Si](Cl)(OCCCCCCCCC)OCCCCCCCCC. The van der Waals surface area contributed by atoms with Crippen molar-refractivity contribution in [1.29, 1.82) is 0 Å². The average molecular weight is 493 g/mol. The molecule has 0 saturated carbocycles. The number of hydrogen-bond acceptors (Lipinski definition) is 3. The molecular formula is C27H57ClO3Si. The fraction of sp³-hybridized carbons (Fsp3) is 1.00. The summed E-state index contributed by atoms with van der Waals surface area (Å²) in [5, 5.41) is 0. The first-order chi connectivity index (χ1) is 15.7. The van der Waals surface area contributed by atoms with Crippen LogP contribution in [0.25, 0.3) is 0 Å². The van der Waals surface area contributed by atoms with Gasteiger partial charge in [-0.15, -0.1) is 0 Å². The zero-order valence-electron chi connectivity index (χ0n) is 22.1. The molecule has 0 N–H and O–H groups in total. The van der Waals surface area contributed by atoms with Crippen LogP contribution in [0.3, 0.4) is 0 Å². The van der Waals surface area contributed by atoms with Crippen LogP contribution < -0.4 is 0 Å². The largest absolute Gasteiger partial charge is 0.613 e. The summed E-state index contributed by atoms with van der Waals surface area (Å²) in [7, 11) is -3.02. The van der Waals surface area contributed by atoms with Crippen LogP contribution in [-0.2, 0) is 13.3 Å². The van der Waals surface area contributed by atoms with Crippen LogP contribution in [0, 0.1) is 0 Å². The van der Waals surface area contributed by atoms with Gasteiger partial charge < -0.3 is 13.3 Å². The lowest BCUT2D eigenvalue weighted by Gasteiger charge is -2.23. The fourth-order valence-corrected chi connectivity index (χ4v) is 5.99. The number of halogens is 1. The first kappa shape index (κ1) is 32.4. The van der Waals surface area contributed by atoms with Gasteiger partial charge in [-0.25, -0.2) is 0 Å². The van der Waals surface area contributed by atoms with Crippen LogP contribution in [0.15, 0.2) is 0 Å². The minimum Gasteiger partial charge on any atom is -0.362 e. The highest BCUT2D eigenvalue weighted by atomic mass is 35.6. The Kier molecular flexibility index (Phi) is 26.3. The minimum absolute atomic E-state index is 0.664. The summed E-state index contributed by atoms with van der Waals surface area (Å²) >= 11 is 6.76. The summed E-state index contributed by atoms with van der Waals surface area (Å²) in [5.41, 5.74) is 0. The summed E-state index contributed by atoms with van der Waals surface area (Å²) in [4.78, 5) is 0. The molecular weight excluding hydrogens is 436 g/mol. The van der Waals surface area contributed by atoms with Gasteiger partial charge in [0.15, 0.2) is 0 Å². The second kappa shape index (κ2) is 26.0. The number of rotatable bonds is 27. The molecule has 0 atom stereocenters. The Morgan fingerprint density at radius 3 is 0.844 bits per heavy atom. The molecule has 0 aromatic rings. The van der Waals surface area contributed by atoms with Crippen LogP contribution in [0.4, 0.5) is 0 Å². The second-order valence-corrected chi connectivity index (χ2v) is 12.6. The van der Waals surface area contributed by atoms with Gasteiger partial charge in [-0.2, -0.15) is 0 Å². The zero-order chi connectivity index (χ0) is 23.6. The highest BCUT2D eigenvalue weighted by Crippen LogP contribution is 2.19. The number of hydrogen-bond donors (Lipinski definition) is 0. The van der Waals surface area contributed by atoms with Gasteiger partial charge in [-0.05, 0) is 19.3 Å². The predicted octanol–water partition coefficient (Wildman–Crippen LogP) is 9.96. The van der Waals surface area contributed by atoms with Crippen LogP contribution >= 0.6 is 11.1 Å². The van der Waals surface area contributed by atoms with Crippen molar-refractivity contribution in [3.63, 3.8) is 0 Å². The molecule has 0 radical (unpaired) electrons. The lowest BCUT2D eigenvalue weighted by molar-refractivity contribution is 0.0767. The predicted molar refractivity (Wildman–Crippen MR) is 143 cm³/mol. The third-order valence-electron chi connectivity index (χ3n) is 6.07. The molecule has 0 fully saturated rings. The summed E-state index contributed by atoms with van der Waals surface area (Å²) in [6.45, 7) is 8.78. The Morgan fingerprint density at radius 2 is 0.594 bits per heavy atom. The van der Waals surface area contributed by atoms with Crippen LogP contribution in [-0.4, -0.2) is 27.9 Å². The lowest BCUT2D eigenvalue weighted by Crippen LogP contribution is -2.41. The molecule has 0 aliphatic carbocycles. The standard InChI is InChI=1S/C27H57ClO3Si/c1-4-7-10-13-16-19-22-25-29-32(28,30-26-23-20-17-14-11-8-5-2)31-27-24-21-18-15-12-9-6-3/h4-27H2,1-3H3. The van der Waals surface area contributed by atoms with Crippen molar-refractivity contribution in [3.05, 3.63) is 0 Å². The normalized spacial score (nSPS) is 12.0. The summed E-state index contributed by atoms with van der Waals surface area (Å²) in [5.74, 6) is 0. The van der Waals surface area contributed by atoms with E-state index in [4.69, 9.17) is 24.4 Å². The minimum atomic E-state index is -3.02. The molecule has 0 heterocycles. The van der Waals surface area contributed by atoms with Gasteiger partial charge in [0, 0.05) is 19.8 Å². The third kappa shape index (κ3) is 23.5. The van der Waals surface area contributed by atoms with E-state index in [9.17, 15) is 0 Å². The maximum absolute atomic E-state index is 6.76. The van der Waals surface area contributed by atoms with E-state index in [-0.39, 0.29) is 0 Å². The van der Waals surface area contributed by atoms with E-state index in [1.165, 1.54) is 116 Å². The molecule has 0 bridgehead atoms. The van der Waals surface area contributed by atoms with Crippen molar-refractivity contribution < 1.29 is 13.3 Å². The van der Waals surface area contributed by atoms with Gasteiger partial charge in [0.05, 0.1) is 0 Å². The van der Waals surface area contributed by atoms with Crippen molar-refractivity contribution >= 4 is 19.2 Å². The molecule has 0 unspecified atom stereocenters. The molecule has 0 rings (SSSR count). The second-order valence-electron chi connectivity index (χ2n) is 9.39. The van der Waals surface area contributed by atoms with E-state index in [0.717, 1.165) is 19.3 Å². The van der Waals surface area contributed by atoms with Crippen molar-refractivity contribution in [2.75, 3.05) is 19.8 Å². The van der Waals surface area contributed by atoms with Crippen molar-refractivity contribution in [2.24, 2.45) is 0 Å². The Labute approximate surface area is 207 Å². The molecule has 0 amide bonds. The van der Waals surface area contributed by atoms with E-state index >= 15 is 0 Å². The van der Waals surface area contributed by atoms with Crippen molar-refractivity contribution in [2.45, 2.75) is 156 Å². The Hall–Kier alpha value is 0.387. The summed E-state index contributed by atoms with van der Waals surface area (Å²) < 4.78 is 18.1. The third-order valence-corrected chi connectivity index (χ3v) is 8.70. The van der Waals surface area contributed by atoms with E-state index < -0.39 is 8.11 Å². The van der Waals surface area contributed by atoms with Crippen LogP contribution in [0.1, 0.15) is 156 Å². The fourth-order valence-electron chi connectivity index (χ4n) is 3.88. The molecule has 194 valence electrons. The topological polar surface area (TPSA) is 27.7 Å². The van der Waals surface area contributed by atoms with E-state index in [1.54, 1.807) is 0 Å². The summed E-state index contributed by atoms with van der Waals surface area (Å²) in [6, 6.07) is 0. The highest BCUT2D eigenvalue weighted by Gasteiger charge is 2.39. The van der Waals surface area contributed by atoms with Gasteiger partial charge in [-0.3, -0.25) is 0 Å². The smallest absolute Gasteiger partial charge is 0.362 e. The molecule has 0 aliphatic rings. The van der Waals surface area contributed by atoms with Crippen LogP contribution in [0.5, 0.6) is 0 Å². The van der Waals surface area contributed by atoms with Gasteiger partial charge in [0.2, 0.25) is 0 Å². The van der Waals surface area contributed by atoms with E-state index in [2.05, 4.69) is 20.8 Å². The van der Waals surface area contributed by atoms with Gasteiger partial charge >= 0.3 is 8.11 Å². The molecule has 0 aliphatic heterocycles. The van der Waals surface area contributed by atoms with Gasteiger partial charge in [-0.1, -0.05) is 147 Å². The van der Waals surface area contributed by atoms with E-state index in [0.29, 0.717) is 19.8 Å². The summed E-state index contributed by atoms with van der Waals surface area (Å²) in [6.07, 6.45) is 26.7. The zero-order valence-corrected chi connectivity index (χ0v) is 23.8. The van der Waals surface area contributed by atoms with E-state index in [1.807, 2.05) is 0 Å². The molecule has 3 nitrogen and oxygen atoms in total. The number of unbranched alkanes of at least 4 members (excludes halogenated alkanes) is 18. The van der Waals surface area contributed by atoms with Crippen molar-refractivity contribution in [1.82, 2.24) is 0 Å².